The molecule has 0 aromatic heterocycles. The number of rotatable bonds is 5. The first-order valence-corrected chi connectivity index (χ1v) is 7.56. The molecule has 0 saturated heterocycles. The summed E-state index contributed by atoms with van der Waals surface area (Å²) in [7, 11) is 3.18. The van der Waals surface area contributed by atoms with Crippen LogP contribution in [0.2, 0.25) is 5.02 Å². The van der Waals surface area contributed by atoms with E-state index < -0.39 is 6.10 Å². The highest BCUT2D eigenvalue weighted by Gasteiger charge is 2.16. The van der Waals surface area contributed by atoms with Gasteiger partial charge >= 0.3 is 0 Å². The fourth-order valence-corrected chi connectivity index (χ4v) is 2.72. The third-order valence-electron chi connectivity index (χ3n) is 3.21. The molecule has 1 atom stereocenters. The molecule has 112 valence electrons. The fraction of sp³-hybridized carbons (Fsp3) is 0.250. The van der Waals surface area contributed by atoms with Crippen LogP contribution in [0, 0.1) is 0 Å². The quantitative estimate of drug-likeness (QED) is 0.847. The molecule has 2 aromatic rings. The van der Waals surface area contributed by atoms with E-state index in [0.29, 0.717) is 22.9 Å². The number of hydrogen-bond acceptors (Lipinski definition) is 3. The number of ether oxygens (including phenoxy) is 2. The van der Waals surface area contributed by atoms with Crippen molar-refractivity contribution in [2.24, 2.45) is 0 Å². The molecule has 0 aliphatic carbocycles. The third kappa shape index (κ3) is 3.90. The van der Waals surface area contributed by atoms with E-state index in [1.165, 1.54) is 0 Å². The van der Waals surface area contributed by atoms with Gasteiger partial charge in [-0.25, -0.2) is 0 Å². The minimum Gasteiger partial charge on any atom is -0.496 e. The Balaban J connectivity index is 2.30. The van der Waals surface area contributed by atoms with Crippen LogP contribution in [0.25, 0.3) is 0 Å². The molecule has 5 heteroatoms. The van der Waals surface area contributed by atoms with Crippen molar-refractivity contribution >= 4 is 27.5 Å². The maximum atomic E-state index is 10.5. The highest BCUT2D eigenvalue weighted by Crippen LogP contribution is 2.33. The summed E-state index contributed by atoms with van der Waals surface area (Å²) in [6.45, 7) is 0. The van der Waals surface area contributed by atoms with Crippen molar-refractivity contribution in [2.75, 3.05) is 14.2 Å². The van der Waals surface area contributed by atoms with E-state index in [1.807, 2.05) is 18.2 Å². The molecule has 0 heterocycles. The van der Waals surface area contributed by atoms with Crippen molar-refractivity contribution in [1.29, 1.82) is 0 Å². The minimum absolute atomic E-state index is 0.391. The zero-order valence-corrected chi connectivity index (χ0v) is 14.1. The lowest BCUT2D eigenvalue weighted by Crippen LogP contribution is -2.05. The molecule has 2 rings (SSSR count). The second-order valence-electron chi connectivity index (χ2n) is 4.56. The van der Waals surface area contributed by atoms with Gasteiger partial charge in [-0.05, 0) is 35.9 Å². The first kappa shape index (κ1) is 16.1. The second-order valence-corrected chi connectivity index (χ2v) is 5.91. The highest BCUT2D eigenvalue weighted by molar-refractivity contribution is 9.10. The number of aliphatic hydroxyl groups is 1. The number of aliphatic hydroxyl groups excluding tert-OH is 1. The van der Waals surface area contributed by atoms with E-state index in [0.717, 1.165) is 15.6 Å². The Bertz CT molecular complexity index is 631. The Hall–Kier alpha value is -1.23. The van der Waals surface area contributed by atoms with Crippen LogP contribution in [0.3, 0.4) is 0 Å². The van der Waals surface area contributed by atoms with E-state index in [2.05, 4.69) is 15.9 Å². The molecule has 1 unspecified atom stereocenters. The second kappa shape index (κ2) is 7.16. The zero-order chi connectivity index (χ0) is 15.4. The topological polar surface area (TPSA) is 38.7 Å². The summed E-state index contributed by atoms with van der Waals surface area (Å²) >= 11 is 9.40. The number of halogens is 2. The first-order chi connectivity index (χ1) is 10.0. The SMILES string of the molecule is COc1ccc(Cl)cc1CC(O)c1ccc(Br)cc1OC. The van der Waals surface area contributed by atoms with Crippen molar-refractivity contribution in [3.05, 3.63) is 57.0 Å². The average Bonchev–Trinajstić information content (AvgIpc) is 2.47. The van der Waals surface area contributed by atoms with Crippen LogP contribution in [-0.4, -0.2) is 19.3 Å². The Morgan fingerprint density at radius 2 is 1.81 bits per heavy atom. The minimum atomic E-state index is -0.708. The largest absolute Gasteiger partial charge is 0.496 e. The summed E-state index contributed by atoms with van der Waals surface area (Å²) in [4.78, 5) is 0. The molecule has 0 aliphatic rings. The van der Waals surface area contributed by atoms with Crippen LogP contribution < -0.4 is 9.47 Å². The van der Waals surface area contributed by atoms with E-state index in [1.54, 1.807) is 32.4 Å². The molecule has 0 radical (unpaired) electrons. The fourth-order valence-electron chi connectivity index (χ4n) is 2.19. The Morgan fingerprint density at radius 1 is 1.10 bits per heavy atom. The summed E-state index contributed by atoms with van der Waals surface area (Å²) in [6, 6.07) is 10.9. The maximum absolute atomic E-state index is 10.5. The van der Waals surface area contributed by atoms with Crippen LogP contribution in [-0.2, 0) is 6.42 Å². The van der Waals surface area contributed by atoms with Gasteiger partial charge in [-0.1, -0.05) is 33.6 Å². The van der Waals surface area contributed by atoms with Gasteiger partial charge in [-0.3, -0.25) is 0 Å². The van der Waals surface area contributed by atoms with E-state index in [9.17, 15) is 5.11 Å². The number of hydrogen-bond donors (Lipinski definition) is 1. The number of benzene rings is 2. The van der Waals surface area contributed by atoms with E-state index >= 15 is 0 Å². The molecule has 1 N–H and O–H groups in total. The van der Waals surface area contributed by atoms with Gasteiger partial charge in [-0.2, -0.15) is 0 Å². The normalized spacial score (nSPS) is 12.0. The van der Waals surface area contributed by atoms with Gasteiger partial charge in [-0.15, -0.1) is 0 Å². The summed E-state index contributed by atoms with van der Waals surface area (Å²) in [5, 5.41) is 11.1. The smallest absolute Gasteiger partial charge is 0.125 e. The molecule has 2 aromatic carbocycles. The maximum Gasteiger partial charge on any atom is 0.125 e. The van der Waals surface area contributed by atoms with Crippen LogP contribution in [0.5, 0.6) is 11.5 Å². The standard InChI is InChI=1S/C16H16BrClO3/c1-20-15-6-4-12(18)7-10(15)8-14(19)13-5-3-11(17)9-16(13)21-2/h3-7,9,14,19H,8H2,1-2H3. The van der Waals surface area contributed by atoms with Crippen LogP contribution in [0.4, 0.5) is 0 Å². The van der Waals surface area contributed by atoms with Gasteiger partial charge in [0.05, 0.1) is 20.3 Å². The Morgan fingerprint density at radius 3 is 2.48 bits per heavy atom. The van der Waals surface area contributed by atoms with Crippen LogP contribution in [0.15, 0.2) is 40.9 Å². The molecule has 21 heavy (non-hydrogen) atoms. The Labute approximate surface area is 137 Å². The summed E-state index contributed by atoms with van der Waals surface area (Å²) in [5.74, 6) is 1.34. The molecule has 0 aliphatic heterocycles. The van der Waals surface area contributed by atoms with Gasteiger partial charge in [0.25, 0.3) is 0 Å². The zero-order valence-electron chi connectivity index (χ0n) is 11.8. The molecule has 0 bridgehead atoms. The van der Waals surface area contributed by atoms with Gasteiger partial charge < -0.3 is 14.6 Å². The Kier molecular flexibility index (Phi) is 5.51. The third-order valence-corrected chi connectivity index (χ3v) is 3.94. The van der Waals surface area contributed by atoms with Gasteiger partial charge in [0.1, 0.15) is 11.5 Å². The van der Waals surface area contributed by atoms with Crippen LogP contribution in [0.1, 0.15) is 17.2 Å². The van der Waals surface area contributed by atoms with Crippen LogP contribution >= 0.6 is 27.5 Å². The highest BCUT2D eigenvalue weighted by atomic mass is 79.9. The molecular formula is C16H16BrClO3. The van der Waals surface area contributed by atoms with Gasteiger partial charge in [0.2, 0.25) is 0 Å². The molecule has 0 amide bonds. The number of methoxy groups -OCH3 is 2. The monoisotopic (exact) mass is 370 g/mol. The van der Waals surface area contributed by atoms with Gasteiger partial charge in [0, 0.05) is 21.5 Å². The van der Waals surface area contributed by atoms with Crippen molar-refractivity contribution in [3.8, 4) is 11.5 Å². The molecular weight excluding hydrogens is 356 g/mol. The van der Waals surface area contributed by atoms with E-state index in [-0.39, 0.29) is 0 Å². The van der Waals surface area contributed by atoms with Gasteiger partial charge in [0.15, 0.2) is 0 Å². The van der Waals surface area contributed by atoms with Crippen molar-refractivity contribution < 1.29 is 14.6 Å². The molecule has 0 spiro atoms. The summed E-state index contributed by atoms with van der Waals surface area (Å²) < 4.78 is 11.5. The van der Waals surface area contributed by atoms with E-state index in [4.69, 9.17) is 21.1 Å². The molecule has 3 nitrogen and oxygen atoms in total. The van der Waals surface area contributed by atoms with Crippen molar-refractivity contribution in [2.45, 2.75) is 12.5 Å². The first-order valence-electron chi connectivity index (χ1n) is 6.39. The summed E-state index contributed by atoms with van der Waals surface area (Å²) in [6.07, 6.45) is -0.317. The molecule has 0 fully saturated rings. The average molecular weight is 372 g/mol. The lowest BCUT2D eigenvalue weighted by Gasteiger charge is -2.17. The van der Waals surface area contributed by atoms with Crippen molar-refractivity contribution in [1.82, 2.24) is 0 Å². The summed E-state index contributed by atoms with van der Waals surface area (Å²) in [5.41, 5.74) is 1.57. The lowest BCUT2D eigenvalue weighted by molar-refractivity contribution is 0.173. The van der Waals surface area contributed by atoms with Crippen molar-refractivity contribution in [3.63, 3.8) is 0 Å². The lowest BCUT2D eigenvalue weighted by atomic mass is 10.00. The predicted molar refractivity (Wildman–Crippen MR) is 87.4 cm³/mol. The predicted octanol–water partition coefficient (Wildman–Crippen LogP) is 4.40. The molecule has 0 saturated carbocycles.